The van der Waals surface area contributed by atoms with E-state index in [9.17, 15) is 4.79 Å². The summed E-state index contributed by atoms with van der Waals surface area (Å²) in [4.78, 5) is 11.9. The lowest BCUT2D eigenvalue weighted by Crippen LogP contribution is -2.42. The van der Waals surface area contributed by atoms with Gasteiger partial charge in [-0.2, -0.15) is 0 Å². The Bertz CT molecular complexity index is 428. The van der Waals surface area contributed by atoms with Gasteiger partial charge in [-0.1, -0.05) is 0 Å². The van der Waals surface area contributed by atoms with E-state index in [1.807, 2.05) is 20.8 Å². The number of rotatable bonds is 1. The van der Waals surface area contributed by atoms with Gasteiger partial charge in [0, 0.05) is 11.8 Å². The molecular formula is C14H20O5. The minimum absolute atomic E-state index is 0.0108. The fraction of sp³-hybridized carbons (Fsp3) is 0.786. The molecule has 0 aromatic heterocycles. The molecular weight excluding hydrogens is 248 g/mol. The maximum Gasteiger partial charge on any atom is 0.337 e. The van der Waals surface area contributed by atoms with Crippen LogP contribution in [0.2, 0.25) is 0 Å². The Morgan fingerprint density at radius 1 is 1.37 bits per heavy atom. The smallest absolute Gasteiger partial charge is 0.337 e. The van der Waals surface area contributed by atoms with Crippen LogP contribution in [0.5, 0.6) is 0 Å². The minimum atomic E-state index is -0.549. The molecule has 1 aliphatic carbocycles. The van der Waals surface area contributed by atoms with Crippen LogP contribution in [0, 0.1) is 11.8 Å². The summed E-state index contributed by atoms with van der Waals surface area (Å²) in [5.74, 6) is -0.588. The zero-order chi connectivity index (χ0) is 13.8. The lowest BCUT2D eigenvalue weighted by Gasteiger charge is -2.35. The number of esters is 1. The Labute approximate surface area is 112 Å². The molecule has 0 unspecified atom stereocenters. The van der Waals surface area contributed by atoms with Crippen molar-refractivity contribution in [1.29, 1.82) is 0 Å². The second-order valence-corrected chi connectivity index (χ2v) is 5.98. The average molecular weight is 268 g/mol. The number of ether oxygens (including phenoxy) is 4. The number of carbonyl (C=O) groups is 1. The van der Waals surface area contributed by atoms with Crippen LogP contribution in [0.15, 0.2) is 11.8 Å². The maximum absolute atomic E-state index is 11.9. The van der Waals surface area contributed by atoms with Gasteiger partial charge in [-0.05, 0) is 27.2 Å². The molecule has 2 heterocycles. The van der Waals surface area contributed by atoms with Gasteiger partial charge in [0.1, 0.15) is 6.10 Å². The molecule has 0 bridgehead atoms. The lowest BCUT2D eigenvalue weighted by atomic mass is 9.82. The molecule has 3 aliphatic rings. The zero-order valence-electron chi connectivity index (χ0n) is 11.7. The molecule has 2 aliphatic heterocycles. The van der Waals surface area contributed by atoms with Crippen molar-refractivity contribution in [2.24, 2.45) is 11.8 Å². The maximum atomic E-state index is 11.9. The van der Waals surface area contributed by atoms with Gasteiger partial charge >= 0.3 is 5.97 Å². The highest BCUT2D eigenvalue weighted by molar-refractivity contribution is 5.90. The first kappa shape index (κ1) is 12.9. The molecule has 0 radical (unpaired) electrons. The van der Waals surface area contributed by atoms with Crippen molar-refractivity contribution in [3.63, 3.8) is 0 Å². The number of fused-ring (bicyclic) bond motifs is 3. The first-order valence-electron chi connectivity index (χ1n) is 6.72. The van der Waals surface area contributed by atoms with E-state index in [1.165, 1.54) is 6.26 Å². The summed E-state index contributed by atoms with van der Waals surface area (Å²) in [5.41, 5.74) is 0.602. The van der Waals surface area contributed by atoms with Crippen LogP contribution in [-0.2, 0) is 23.7 Å². The minimum Gasteiger partial charge on any atom is -0.504 e. The Morgan fingerprint density at radius 2 is 2.11 bits per heavy atom. The van der Waals surface area contributed by atoms with Crippen molar-refractivity contribution in [3.05, 3.63) is 11.8 Å². The normalized spacial score (nSPS) is 45.8. The monoisotopic (exact) mass is 268 g/mol. The molecule has 0 spiro atoms. The summed E-state index contributed by atoms with van der Waals surface area (Å²) in [5, 5.41) is 0. The Balaban J connectivity index is 1.90. The van der Waals surface area contributed by atoms with Gasteiger partial charge in [0.2, 0.25) is 0 Å². The van der Waals surface area contributed by atoms with Crippen molar-refractivity contribution in [3.8, 4) is 0 Å². The fourth-order valence-electron chi connectivity index (χ4n) is 3.67. The molecule has 1 saturated carbocycles. The van der Waals surface area contributed by atoms with E-state index in [-0.39, 0.29) is 36.1 Å². The molecule has 5 atom stereocenters. The van der Waals surface area contributed by atoms with Crippen molar-refractivity contribution in [1.82, 2.24) is 0 Å². The van der Waals surface area contributed by atoms with Crippen LogP contribution in [0.25, 0.3) is 0 Å². The van der Waals surface area contributed by atoms with Crippen LogP contribution in [0.1, 0.15) is 27.2 Å². The number of hydrogen-bond donors (Lipinski definition) is 0. The van der Waals surface area contributed by atoms with E-state index in [0.717, 1.165) is 6.42 Å². The largest absolute Gasteiger partial charge is 0.504 e. The van der Waals surface area contributed by atoms with E-state index < -0.39 is 5.79 Å². The van der Waals surface area contributed by atoms with E-state index in [0.29, 0.717) is 5.57 Å². The number of carbonyl (C=O) groups excluding carboxylic acids is 1. The Hall–Kier alpha value is -1.07. The predicted molar refractivity (Wildman–Crippen MR) is 66.1 cm³/mol. The molecule has 3 fully saturated rings. The zero-order valence-corrected chi connectivity index (χ0v) is 11.7. The van der Waals surface area contributed by atoms with Gasteiger partial charge in [-0.3, -0.25) is 0 Å². The van der Waals surface area contributed by atoms with Gasteiger partial charge in [-0.25, -0.2) is 4.79 Å². The van der Waals surface area contributed by atoms with Crippen molar-refractivity contribution in [2.45, 2.75) is 51.3 Å². The van der Waals surface area contributed by atoms with Crippen LogP contribution in [-0.4, -0.2) is 37.2 Å². The molecule has 19 heavy (non-hydrogen) atoms. The topological polar surface area (TPSA) is 54.0 Å². The summed E-state index contributed by atoms with van der Waals surface area (Å²) < 4.78 is 22.3. The quantitative estimate of drug-likeness (QED) is 0.411. The second-order valence-electron chi connectivity index (χ2n) is 5.98. The van der Waals surface area contributed by atoms with Gasteiger partial charge in [0.05, 0.1) is 31.2 Å². The molecule has 106 valence electrons. The third kappa shape index (κ3) is 1.96. The summed E-state index contributed by atoms with van der Waals surface area (Å²) in [6, 6.07) is 0. The highest BCUT2D eigenvalue weighted by Crippen LogP contribution is 2.51. The highest BCUT2D eigenvalue weighted by Gasteiger charge is 2.59. The lowest BCUT2D eigenvalue weighted by molar-refractivity contribution is -0.176. The first-order valence-corrected chi connectivity index (χ1v) is 6.72. The average Bonchev–Trinajstić information content (AvgIpc) is 2.75. The van der Waals surface area contributed by atoms with Crippen molar-refractivity contribution >= 4 is 5.97 Å². The molecule has 0 N–H and O–H groups in total. The molecule has 2 saturated heterocycles. The Kier molecular flexibility index (Phi) is 2.87. The Morgan fingerprint density at radius 3 is 2.79 bits per heavy atom. The number of cyclic esters (lactones) is 1. The van der Waals surface area contributed by atoms with Crippen molar-refractivity contribution in [2.75, 3.05) is 7.11 Å². The summed E-state index contributed by atoms with van der Waals surface area (Å²) >= 11 is 0. The van der Waals surface area contributed by atoms with E-state index in [2.05, 4.69) is 0 Å². The summed E-state index contributed by atoms with van der Waals surface area (Å²) in [6.07, 6.45) is 2.15. The van der Waals surface area contributed by atoms with Crippen molar-refractivity contribution < 1.29 is 23.7 Å². The second kappa shape index (κ2) is 4.21. The predicted octanol–water partition coefficient (Wildman–Crippen LogP) is 1.62. The fourth-order valence-corrected chi connectivity index (χ4v) is 3.67. The summed E-state index contributed by atoms with van der Waals surface area (Å²) in [7, 11) is 1.54. The van der Waals surface area contributed by atoms with Gasteiger partial charge < -0.3 is 18.9 Å². The van der Waals surface area contributed by atoms with Crippen LogP contribution >= 0.6 is 0 Å². The third-order valence-corrected chi connectivity index (χ3v) is 4.27. The number of hydrogen-bond acceptors (Lipinski definition) is 5. The van der Waals surface area contributed by atoms with Gasteiger partial charge in [0.25, 0.3) is 0 Å². The standard InChI is InChI=1S/C14H20O5/c1-7-11-8(9(6-16-4)13(15)17-7)5-10-12(11)19-14(2,3)18-10/h6-8,10-12H,5H2,1-4H3/b9-6+/t7-,8+,10-,11-,12-/m0/s1. The molecule has 0 aromatic carbocycles. The van der Waals surface area contributed by atoms with Crippen LogP contribution < -0.4 is 0 Å². The molecule has 5 nitrogen and oxygen atoms in total. The third-order valence-electron chi connectivity index (χ3n) is 4.27. The molecule has 5 heteroatoms. The molecule has 3 rings (SSSR count). The van der Waals surface area contributed by atoms with Crippen LogP contribution in [0.3, 0.4) is 0 Å². The number of methoxy groups -OCH3 is 1. The van der Waals surface area contributed by atoms with Gasteiger partial charge in [0.15, 0.2) is 5.79 Å². The highest BCUT2D eigenvalue weighted by atomic mass is 16.8. The molecule has 0 aromatic rings. The van der Waals surface area contributed by atoms with E-state index >= 15 is 0 Å². The molecule has 0 amide bonds. The van der Waals surface area contributed by atoms with E-state index in [1.54, 1.807) is 7.11 Å². The SMILES string of the molecule is CO/C=C1/C(=O)O[C@@H](C)[C@@H]2[C@H]3OC(C)(C)O[C@H]3C[C@H]12. The van der Waals surface area contributed by atoms with Crippen LogP contribution in [0.4, 0.5) is 0 Å². The summed E-state index contributed by atoms with van der Waals surface area (Å²) in [6.45, 7) is 5.77. The first-order chi connectivity index (χ1) is 8.93. The van der Waals surface area contributed by atoms with Gasteiger partial charge in [-0.15, -0.1) is 0 Å². The van der Waals surface area contributed by atoms with E-state index in [4.69, 9.17) is 18.9 Å².